The van der Waals surface area contributed by atoms with Crippen molar-refractivity contribution in [2.75, 3.05) is 34.0 Å². The molecule has 0 spiro atoms. The first-order valence-corrected chi connectivity index (χ1v) is 5.71. The van der Waals surface area contributed by atoms with Gasteiger partial charge in [0.05, 0.1) is 13.3 Å². The fraction of sp³-hybridized carbons (Fsp3) is 0.538. The van der Waals surface area contributed by atoms with Crippen molar-refractivity contribution in [3.05, 3.63) is 29.3 Å². The highest BCUT2D eigenvalue weighted by Gasteiger charge is 2.11. The molecule has 0 aliphatic carbocycles. The van der Waals surface area contributed by atoms with Crippen molar-refractivity contribution in [3.63, 3.8) is 0 Å². The largest absolute Gasteiger partial charge is 0.493 e. The van der Waals surface area contributed by atoms with Crippen LogP contribution < -0.4 is 4.74 Å². The minimum absolute atomic E-state index is 0.689. The fourth-order valence-electron chi connectivity index (χ4n) is 2.00. The summed E-state index contributed by atoms with van der Waals surface area (Å²) in [4.78, 5) is 2.17. The van der Waals surface area contributed by atoms with Crippen LogP contribution in [0.3, 0.4) is 0 Å². The van der Waals surface area contributed by atoms with Crippen molar-refractivity contribution < 1.29 is 9.47 Å². The van der Waals surface area contributed by atoms with Gasteiger partial charge in [0.2, 0.25) is 0 Å². The Hall–Kier alpha value is -1.06. The van der Waals surface area contributed by atoms with Crippen LogP contribution in [0.15, 0.2) is 18.2 Å². The third kappa shape index (κ3) is 2.74. The Kier molecular flexibility index (Phi) is 3.80. The number of rotatable bonds is 5. The zero-order valence-corrected chi connectivity index (χ0v) is 10.0. The smallest absolute Gasteiger partial charge is 0.122 e. The lowest BCUT2D eigenvalue weighted by molar-refractivity contribution is 0.0827. The van der Waals surface area contributed by atoms with E-state index in [1.54, 1.807) is 7.11 Å². The molecule has 16 heavy (non-hydrogen) atoms. The summed E-state index contributed by atoms with van der Waals surface area (Å²) in [5.41, 5.74) is 2.74. The molecule has 0 amide bonds. The van der Waals surface area contributed by atoms with Crippen molar-refractivity contribution in [2.24, 2.45) is 0 Å². The van der Waals surface area contributed by atoms with Crippen LogP contribution in [0, 0.1) is 0 Å². The average Bonchev–Trinajstić information content (AvgIpc) is 2.74. The molecule has 0 aromatic heterocycles. The molecule has 0 unspecified atom stereocenters. The van der Waals surface area contributed by atoms with E-state index in [9.17, 15) is 0 Å². The Morgan fingerprint density at radius 2 is 2.31 bits per heavy atom. The molecule has 3 nitrogen and oxygen atoms in total. The zero-order valence-electron chi connectivity index (χ0n) is 10.0. The lowest BCUT2D eigenvalue weighted by Gasteiger charge is -2.15. The fourth-order valence-corrected chi connectivity index (χ4v) is 2.00. The molecule has 0 saturated carbocycles. The van der Waals surface area contributed by atoms with E-state index < -0.39 is 0 Å². The van der Waals surface area contributed by atoms with Crippen LogP contribution in [-0.2, 0) is 17.6 Å². The SMILES string of the molecule is COCN(C)CCc1ccc2c(c1)CCO2. The van der Waals surface area contributed by atoms with E-state index in [2.05, 4.69) is 30.1 Å². The monoisotopic (exact) mass is 221 g/mol. The highest BCUT2D eigenvalue weighted by atomic mass is 16.5. The number of likely N-dealkylation sites (N-methyl/N-ethyl adjacent to an activating group) is 1. The molecule has 1 heterocycles. The number of benzene rings is 1. The molecule has 88 valence electrons. The molecule has 0 radical (unpaired) electrons. The second kappa shape index (κ2) is 5.32. The zero-order chi connectivity index (χ0) is 11.4. The standard InChI is InChI=1S/C13H19NO2/c1-14(10-15-2)7-5-11-3-4-13-12(9-11)6-8-16-13/h3-4,9H,5-8,10H2,1-2H3. The molecule has 1 aliphatic rings. The second-order valence-electron chi connectivity index (χ2n) is 4.29. The molecule has 2 rings (SSSR count). The molecule has 0 saturated heterocycles. The van der Waals surface area contributed by atoms with Gasteiger partial charge >= 0.3 is 0 Å². The van der Waals surface area contributed by atoms with Gasteiger partial charge in [-0.05, 0) is 30.7 Å². The van der Waals surface area contributed by atoms with E-state index in [1.165, 1.54) is 11.1 Å². The Bertz CT molecular complexity index is 352. The molecule has 0 fully saturated rings. The Balaban J connectivity index is 1.90. The molecule has 1 aliphatic heterocycles. The lowest BCUT2D eigenvalue weighted by atomic mass is 10.1. The van der Waals surface area contributed by atoms with Crippen LogP contribution in [0.25, 0.3) is 0 Å². The normalized spacial score (nSPS) is 13.9. The quantitative estimate of drug-likeness (QED) is 0.706. The van der Waals surface area contributed by atoms with Crippen molar-refractivity contribution in [3.8, 4) is 5.75 Å². The van der Waals surface area contributed by atoms with E-state index >= 15 is 0 Å². The van der Waals surface area contributed by atoms with Crippen LogP contribution >= 0.6 is 0 Å². The average molecular weight is 221 g/mol. The Morgan fingerprint density at radius 3 is 3.12 bits per heavy atom. The summed E-state index contributed by atoms with van der Waals surface area (Å²) in [6.45, 7) is 2.55. The molecule has 1 aromatic rings. The number of hydrogen-bond donors (Lipinski definition) is 0. The van der Waals surface area contributed by atoms with E-state index in [0.29, 0.717) is 6.73 Å². The third-order valence-electron chi connectivity index (χ3n) is 2.89. The predicted molar refractivity (Wildman–Crippen MR) is 63.9 cm³/mol. The summed E-state index contributed by atoms with van der Waals surface area (Å²) in [7, 11) is 3.79. The number of ether oxygens (including phenoxy) is 2. The van der Waals surface area contributed by atoms with Gasteiger partial charge in [-0.1, -0.05) is 12.1 Å². The van der Waals surface area contributed by atoms with Crippen LogP contribution in [0.2, 0.25) is 0 Å². The Labute approximate surface area is 97.0 Å². The minimum Gasteiger partial charge on any atom is -0.493 e. The van der Waals surface area contributed by atoms with Crippen molar-refractivity contribution in [1.82, 2.24) is 4.90 Å². The van der Waals surface area contributed by atoms with Crippen molar-refractivity contribution >= 4 is 0 Å². The third-order valence-corrected chi connectivity index (χ3v) is 2.89. The molecular weight excluding hydrogens is 202 g/mol. The summed E-state index contributed by atoms with van der Waals surface area (Å²) in [6.07, 6.45) is 2.12. The van der Waals surface area contributed by atoms with Gasteiger partial charge in [-0.25, -0.2) is 0 Å². The van der Waals surface area contributed by atoms with Crippen molar-refractivity contribution in [2.45, 2.75) is 12.8 Å². The van der Waals surface area contributed by atoms with Gasteiger partial charge in [-0.15, -0.1) is 0 Å². The Morgan fingerprint density at radius 1 is 1.44 bits per heavy atom. The van der Waals surface area contributed by atoms with Gasteiger partial charge < -0.3 is 9.47 Å². The van der Waals surface area contributed by atoms with Crippen molar-refractivity contribution in [1.29, 1.82) is 0 Å². The number of nitrogens with zero attached hydrogens (tertiary/aromatic N) is 1. The van der Waals surface area contributed by atoms with Gasteiger partial charge in [-0.2, -0.15) is 0 Å². The van der Waals surface area contributed by atoms with E-state index in [4.69, 9.17) is 9.47 Å². The summed E-state index contributed by atoms with van der Waals surface area (Å²) in [5.74, 6) is 1.06. The first kappa shape index (κ1) is 11.4. The summed E-state index contributed by atoms with van der Waals surface area (Å²) in [6, 6.07) is 6.52. The van der Waals surface area contributed by atoms with Crippen LogP contribution in [0.5, 0.6) is 5.75 Å². The van der Waals surface area contributed by atoms with Crippen LogP contribution in [-0.4, -0.2) is 38.9 Å². The lowest BCUT2D eigenvalue weighted by Crippen LogP contribution is -2.23. The van der Waals surface area contributed by atoms with Gasteiger partial charge in [0.15, 0.2) is 0 Å². The number of hydrogen-bond acceptors (Lipinski definition) is 3. The first-order valence-electron chi connectivity index (χ1n) is 5.71. The molecule has 0 bridgehead atoms. The highest BCUT2D eigenvalue weighted by Crippen LogP contribution is 2.25. The highest BCUT2D eigenvalue weighted by molar-refractivity contribution is 5.39. The predicted octanol–water partition coefficient (Wildman–Crippen LogP) is 1.70. The van der Waals surface area contributed by atoms with E-state index in [-0.39, 0.29) is 0 Å². The van der Waals surface area contributed by atoms with E-state index in [0.717, 1.165) is 31.7 Å². The maximum Gasteiger partial charge on any atom is 0.122 e. The van der Waals surface area contributed by atoms with Crippen LogP contribution in [0.1, 0.15) is 11.1 Å². The minimum atomic E-state index is 0.689. The maximum absolute atomic E-state index is 5.49. The summed E-state index contributed by atoms with van der Waals surface area (Å²) in [5, 5.41) is 0. The summed E-state index contributed by atoms with van der Waals surface area (Å²) >= 11 is 0. The first-order chi connectivity index (χ1) is 7.79. The van der Waals surface area contributed by atoms with Gasteiger partial charge in [0.25, 0.3) is 0 Å². The van der Waals surface area contributed by atoms with Gasteiger partial charge in [0.1, 0.15) is 5.75 Å². The second-order valence-corrected chi connectivity index (χ2v) is 4.29. The number of methoxy groups -OCH3 is 1. The maximum atomic E-state index is 5.49. The van der Waals surface area contributed by atoms with Gasteiger partial charge in [-0.3, -0.25) is 4.90 Å². The van der Waals surface area contributed by atoms with E-state index in [1.807, 2.05) is 0 Å². The van der Waals surface area contributed by atoms with Crippen LogP contribution in [0.4, 0.5) is 0 Å². The molecular formula is C13H19NO2. The van der Waals surface area contributed by atoms with Gasteiger partial charge in [0, 0.05) is 20.1 Å². The molecule has 1 aromatic carbocycles. The molecule has 0 atom stereocenters. The summed E-state index contributed by atoms with van der Waals surface area (Å²) < 4.78 is 10.6. The number of fused-ring (bicyclic) bond motifs is 1. The molecule has 3 heteroatoms. The molecule has 0 N–H and O–H groups in total. The topological polar surface area (TPSA) is 21.7 Å².